The number of aliphatic imine (C=N–C) groups is 2. The molecular weight excluding hydrogens is 148 g/mol. The molecule has 60 valence electrons. The van der Waals surface area contributed by atoms with Gasteiger partial charge >= 0.3 is 0 Å². The quantitative estimate of drug-likeness (QED) is 0.551. The highest BCUT2D eigenvalue weighted by molar-refractivity contribution is 6.51. The molecule has 2 heteroatoms. The van der Waals surface area contributed by atoms with Gasteiger partial charge in [-0.25, -0.2) is 0 Å². The van der Waals surface area contributed by atoms with E-state index in [1.807, 2.05) is 24.3 Å². The monoisotopic (exact) mass is 158 g/mol. The van der Waals surface area contributed by atoms with E-state index >= 15 is 0 Å². The molecule has 0 heterocycles. The van der Waals surface area contributed by atoms with Crippen LogP contribution < -0.4 is 0 Å². The standard InChI is InChI=1S/C10H10N2/c1-3-11-9-7-5-6-8-10(9)12-4-2/h3-8H,1-2H2/b11-9-,12-10-. The summed E-state index contributed by atoms with van der Waals surface area (Å²) < 4.78 is 0. The summed E-state index contributed by atoms with van der Waals surface area (Å²) >= 11 is 0. The highest BCUT2D eigenvalue weighted by atomic mass is 14.8. The smallest absolute Gasteiger partial charge is 0.0885 e. The Morgan fingerprint density at radius 2 is 1.33 bits per heavy atom. The first-order valence-corrected chi connectivity index (χ1v) is 3.61. The molecule has 1 aliphatic rings. The Kier molecular flexibility index (Phi) is 2.96. The van der Waals surface area contributed by atoms with Crippen molar-refractivity contribution in [2.75, 3.05) is 0 Å². The lowest BCUT2D eigenvalue weighted by atomic mass is 10.1. The Balaban J connectivity index is 3.00. The predicted octanol–water partition coefficient (Wildman–Crippen LogP) is 2.28. The fourth-order valence-electron chi connectivity index (χ4n) is 0.879. The minimum absolute atomic E-state index is 0.812. The molecule has 0 spiro atoms. The molecule has 2 nitrogen and oxygen atoms in total. The first-order chi connectivity index (χ1) is 5.88. The van der Waals surface area contributed by atoms with Gasteiger partial charge in [0.2, 0.25) is 0 Å². The van der Waals surface area contributed by atoms with Crippen molar-refractivity contribution in [1.82, 2.24) is 0 Å². The first-order valence-electron chi connectivity index (χ1n) is 3.61. The molecule has 0 radical (unpaired) electrons. The van der Waals surface area contributed by atoms with Crippen LogP contribution in [0.5, 0.6) is 0 Å². The number of allylic oxidation sites excluding steroid dienone is 4. The van der Waals surface area contributed by atoms with Crippen LogP contribution in [0.15, 0.2) is 59.8 Å². The van der Waals surface area contributed by atoms with Gasteiger partial charge in [-0.05, 0) is 12.2 Å². The zero-order valence-corrected chi connectivity index (χ0v) is 6.77. The molecule has 0 saturated heterocycles. The van der Waals surface area contributed by atoms with Gasteiger partial charge in [0.05, 0.1) is 11.4 Å². The summed E-state index contributed by atoms with van der Waals surface area (Å²) in [7, 11) is 0. The van der Waals surface area contributed by atoms with E-state index in [4.69, 9.17) is 0 Å². The van der Waals surface area contributed by atoms with Crippen molar-refractivity contribution in [2.45, 2.75) is 0 Å². The summed E-state index contributed by atoms with van der Waals surface area (Å²) in [4.78, 5) is 8.10. The molecule has 0 aliphatic heterocycles. The van der Waals surface area contributed by atoms with E-state index in [0.717, 1.165) is 11.4 Å². The van der Waals surface area contributed by atoms with Gasteiger partial charge in [-0.3, -0.25) is 9.98 Å². The fraction of sp³-hybridized carbons (Fsp3) is 0. The average molecular weight is 158 g/mol. The molecule has 0 atom stereocenters. The molecule has 0 aromatic rings. The summed E-state index contributed by atoms with van der Waals surface area (Å²) in [6, 6.07) is 0. The lowest BCUT2D eigenvalue weighted by molar-refractivity contribution is 1.56. The average Bonchev–Trinajstić information content (AvgIpc) is 2.09. The van der Waals surface area contributed by atoms with Gasteiger partial charge in [0.25, 0.3) is 0 Å². The highest BCUT2D eigenvalue weighted by Gasteiger charge is 2.02. The van der Waals surface area contributed by atoms with E-state index < -0.39 is 0 Å². The summed E-state index contributed by atoms with van der Waals surface area (Å²) in [5, 5.41) is 0. The Hall–Kier alpha value is -1.70. The second kappa shape index (κ2) is 4.23. The van der Waals surface area contributed by atoms with E-state index in [0.29, 0.717) is 0 Å². The number of rotatable bonds is 2. The summed E-state index contributed by atoms with van der Waals surface area (Å²) in [6.45, 7) is 7.05. The van der Waals surface area contributed by atoms with Crippen molar-refractivity contribution >= 4 is 11.4 Å². The fourth-order valence-corrected chi connectivity index (χ4v) is 0.879. The molecule has 0 aromatic carbocycles. The second-order valence-corrected chi connectivity index (χ2v) is 2.11. The van der Waals surface area contributed by atoms with E-state index in [-0.39, 0.29) is 0 Å². The van der Waals surface area contributed by atoms with Crippen molar-refractivity contribution in [1.29, 1.82) is 0 Å². The van der Waals surface area contributed by atoms with Crippen LogP contribution in [0.2, 0.25) is 0 Å². The first kappa shape index (κ1) is 8.40. The SMILES string of the molecule is C=C/N=C1/C=CC=C/C1=N/C=C. The number of hydrogen-bond acceptors (Lipinski definition) is 2. The molecule has 0 bridgehead atoms. The van der Waals surface area contributed by atoms with Crippen molar-refractivity contribution in [3.8, 4) is 0 Å². The number of nitrogens with zero attached hydrogens (tertiary/aromatic N) is 2. The molecule has 0 amide bonds. The summed E-state index contributed by atoms with van der Waals surface area (Å²) in [5.41, 5.74) is 1.62. The minimum atomic E-state index is 0.812. The third-order valence-electron chi connectivity index (χ3n) is 1.34. The maximum Gasteiger partial charge on any atom is 0.0885 e. The highest BCUT2D eigenvalue weighted by Crippen LogP contribution is 1.99. The van der Waals surface area contributed by atoms with E-state index in [9.17, 15) is 0 Å². The van der Waals surface area contributed by atoms with Crippen LogP contribution in [-0.2, 0) is 0 Å². The van der Waals surface area contributed by atoms with Crippen LogP contribution in [0.25, 0.3) is 0 Å². The van der Waals surface area contributed by atoms with Crippen molar-refractivity contribution in [3.63, 3.8) is 0 Å². The van der Waals surface area contributed by atoms with Gasteiger partial charge < -0.3 is 0 Å². The van der Waals surface area contributed by atoms with Crippen LogP contribution in [-0.4, -0.2) is 11.4 Å². The van der Waals surface area contributed by atoms with E-state index in [1.54, 1.807) is 0 Å². The van der Waals surface area contributed by atoms with Gasteiger partial charge in [-0.1, -0.05) is 25.3 Å². The topological polar surface area (TPSA) is 24.7 Å². The molecule has 0 aromatic heterocycles. The largest absolute Gasteiger partial charge is 0.255 e. The number of hydrogen-bond donors (Lipinski definition) is 0. The molecule has 0 saturated carbocycles. The van der Waals surface area contributed by atoms with Crippen LogP contribution in [0, 0.1) is 0 Å². The van der Waals surface area contributed by atoms with Gasteiger partial charge in [-0.15, -0.1) is 0 Å². The third-order valence-corrected chi connectivity index (χ3v) is 1.34. The minimum Gasteiger partial charge on any atom is -0.255 e. The second-order valence-electron chi connectivity index (χ2n) is 2.11. The maximum atomic E-state index is 4.05. The molecule has 1 aliphatic carbocycles. The van der Waals surface area contributed by atoms with Crippen LogP contribution in [0.1, 0.15) is 0 Å². The molecule has 0 fully saturated rings. The molecule has 1 rings (SSSR count). The summed E-state index contributed by atoms with van der Waals surface area (Å²) in [6.07, 6.45) is 10.6. The molecular formula is C10H10N2. The Labute approximate surface area is 72.1 Å². The lowest BCUT2D eigenvalue weighted by Crippen LogP contribution is -2.10. The Morgan fingerprint density at radius 3 is 1.67 bits per heavy atom. The lowest BCUT2D eigenvalue weighted by Gasteiger charge is -2.01. The van der Waals surface area contributed by atoms with Gasteiger partial charge in [-0.2, -0.15) is 0 Å². The summed E-state index contributed by atoms with van der Waals surface area (Å²) in [5.74, 6) is 0. The normalized spacial score (nSPS) is 21.7. The van der Waals surface area contributed by atoms with Crippen molar-refractivity contribution in [3.05, 3.63) is 49.9 Å². The van der Waals surface area contributed by atoms with Crippen molar-refractivity contribution in [2.24, 2.45) is 9.98 Å². The van der Waals surface area contributed by atoms with Crippen LogP contribution >= 0.6 is 0 Å². The van der Waals surface area contributed by atoms with Gasteiger partial charge in [0.15, 0.2) is 0 Å². The third kappa shape index (κ3) is 1.89. The zero-order valence-electron chi connectivity index (χ0n) is 6.77. The van der Waals surface area contributed by atoms with E-state index in [1.165, 1.54) is 12.4 Å². The van der Waals surface area contributed by atoms with Crippen LogP contribution in [0.4, 0.5) is 0 Å². The van der Waals surface area contributed by atoms with Crippen molar-refractivity contribution < 1.29 is 0 Å². The van der Waals surface area contributed by atoms with Gasteiger partial charge in [0, 0.05) is 12.4 Å². The maximum absolute atomic E-state index is 4.05. The Morgan fingerprint density at radius 1 is 0.917 bits per heavy atom. The molecule has 12 heavy (non-hydrogen) atoms. The van der Waals surface area contributed by atoms with Gasteiger partial charge in [0.1, 0.15) is 0 Å². The van der Waals surface area contributed by atoms with E-state index in [2.05, 4.69) is 23.1 Å². The Bertz CT molecular complexity index is 272. The zero-order chi connectivity index (χ0) is 8.81. The van der Waals surface area contributed by atoms with Crippen LogP contribution in [0.3, 0.4) is 0 Å². The predicted molar refractivity (Wildman–Crippen MR) is 53.5 cm³/mol. The molecule has 0 unspecified atom stereocenters. The molecule has 0 N–H and O–H groups in total.